The number of halogens is 2. The molecule has 3 heteroatoms. The van der Waals surface area contributed by atoms with E-state index in [0.717, 1.165) is 30.1 Å². The summed E-state index contributed by atoms with van der Waals surface area (Å²) in [5.74, 6) is 0.585. The minimum Gasteiger partial charge on any atom is -0.298 e. The van der Waals surface area contributed by atoms with E-state index in [1.807, 2.05) is 6.08 Å². The van der Waals surface area contributed by atoms with E-state index in [-0.39, 0.29) is 12.4 Å². The third-order valence-corrected chi connectivity index (χ3v) is 6.41. The fourth-order valence-corrected chi connectivity index (χ4v) is 5.00. The highest BCUT2D eigenvalue weighted by molar-refractivity contribution is 6.33. The first-order valence-electron chi connectivity index (χ1n) is 8.81. The Bertz CT molecular complexity index is 771. The zero-order chi connectivity index (χ0) is 16.7. The van der Waals surface area contributed by atoms with Crippen molar-refractivity contribution >= 4 is 30.1 Å². The lowest BCUT2D eigenvalue weighted by molar-refractivity contribution is 0.240. The summed E-state index contributed by atoms with van der Waals surface area (Å²) >= 11 is 6.64. The summed E-state index contributed by atoms with van der Waals surface area (Å²) in [6, 6.07) is 15.2. The quantitative estimate of drug-likeness (QED) is 0.641. The number of hydrogen-bond donors (Lipinski definition) is 0. The van der Waals surface area contributed by atoms with Crippen LogP contribution < -0.4 is 0 Å². The van der Waals surface area contributed by atoms with E-state index < -0.39 is 0 Å². The summed E-state index contributed by atoms with van der Waals surface area (Å²) in [6.45, 7) is 9.69. The van der Waals surface area contributed by atoms with Crippen molar-refractivity contribution in [2.24, 2.45) is 5.41 Å². The SMILES string of the molecule is C=Cc1ccc2c(c1Cl)CCC1(C)CN(Cc3ccccc3)CC21.Cl. The third kappa shape index (κ3) is 3.26. The largest absolute Gasteiger partial charge is 0.298 e. The zero-order valence-corrected chi connectivity index (χ0v) is 16.2. The van der Waals surface area contributed by atoms with Gasteiger partial charge in [-0.1, -0.05) is 73.6 Å². The summed E-state index contributed by atoms with van der Waals surface area (Å²) in [6.07, 6.45) is 4.17. The fourth-order valence-electron chi connectivity index (χ4n) is 4.66. The van der Waals surface area contributed by atoms with Gasteiger partial charge in [0.1, 0.15) is 0 Å². The lowest BCUT2D eigenvalue weighted by atomic mass is 9.67. The molecule has 0 amide bonds. The lowest BCUT2D eigenvalue weighted by Crippen LogP contribution is -2.30. The molecule has 1 aliphatic heterocycles. The number of likely N-dealkylation sites (tertiary alicyclic amines) is 1. The summed E-state index contributed by atoms with van der Waals surface area (Å²) in [5.41, 5.74) is 5.66. The minimum absolute atomic E-state index is 0. The van der Waals surface area contributed by atoms with Gasteiger partial charge in [-0.05, 0) is 40.5 Å². The van der Waals surface area contributed by atoms with Crippen molar-refractivity contribution in [2.75, 3.05) is 13.1 Å². The lowest BCUT2D eigenvalue weighted by Gasteiger charge is -2.37. The van der Waals surface area contributed by atoms with Crippen molar-refractivity contribution in [1.29, 1.82) is 0 Å². The monoisotopic (exact) mass is 373 g/mol. The molecule has 2 atom stereocenters. The maximum Gasteiger partial charge on any atom is 0.0513 e. The van der Waals surface area contributed by atoms with Crippen LogP contribution in [0.25, 0.3) is 6.08 Å². The minimum atomic E-state index is 0. The van der Waals surface area contributed by atoms with E-state index in [9.17, 15) is 0 Å². The summed E-state index contributed by atoms with van der Waals surface area (Å²) < 4.78 is 0. The summed E-state index contributed by atoms with van der Waals surface area (Å²) in [4.78, 5) is 2.62. The van der Waals surface area contributed by atoms with E-state index in [1.165, 1.54) is 29.7 Å². The molecule has 1 saturated heterocycles. The number of benzene rings is 2. The van der Waals surface area contributed by atoms with Crippen LogP contribution in [0.5, 0.6) is 0 Å². The van der Waals surface area contributed by atoms with Crippen LogP contribution in [0.2, 0.25) is 5.02 Å². The molecule has 0 bridgehead atoms. The van der Waals surface area contributed by atoms with Gasteiger partial charge in [0.05, 0.1) is 5.02 Å². The molecule has 2 unspecified atom stereocenters. The maximum atomic E-state index is 6.64. The van der Waals surface area contributed by atoms with Gasteiger partial charge in [0.25, 0.3) is 0 Å². The van der Waals surface area contributed by atoms with Crippen LogP contribution in [0.1, 0.15) is 41.5 Å². The normalized spacial score (nSPS) is 25.0. The smallest absolute Gasteiger partial charge is 0.0513 e. The molecule has 0 saturated carbocycles. The highest BCUT2D eigenvalue weighted by Crippen LogP contribution is 2.52. The first-order valence-corrected chi connectivity index (χ1v) is 9.18. The van der Waals surface area contributed by atoms with E-state index in [1.54, 1.807) is 0 Å². The Balaban J connectivity index is 0.00000182. The molecule has 132 valence electrons. The topological polar surface area (TPSA) is 3.24 Å². The van der Waals surface area contributed by atoms with Crippen LogP contribution in [-0.4, -0.2) is 18.0 Å². The molecule has 2 aromatic carbocycles. The molecule has 1 nitrogen and oxygen atoms in total. The number of hydrogen-bond acceptors (Lipinski definition) is 1. The van der Waals surface area contributed by atoms with Crippen LogP contribution in [0.15, 0.2) is 49.0 Å². The second kappa shape index (κ2) is 7.15. The Hall–Kier alpha value is -1.28. The van der Waals surface area contributed by atoms with Gasteiger partial charge >= 0.3 is 0 Å². The van der Waals surface area contributed by atoms with E-state index >= 15 is 0 Å². The van der Waals surface area contributed by atoms with Crippen LogP contribution in [-0.2, 0) is 13.0 Å². The van der Waals surface area contributed by atoms with Crippen LogP contribution in [0, 0.1) is 5.41 Å². The van der Waals surface area contributed by atoms with Crippen molar-refractivity contribution in [3.8, 4) is 0 Å². The predicted octanol–water partition coefficient (Wildman–Crippen LogP) is 5.96. The average Bonchev–Trinajstić information content (AvgIpc) is 2.92. The molecular weight excluding hydrogens is 349 g/mol. The predicted molar refractivity (Wildman–Crippen MR) is 110 cm³/mol. The molecule has 4 rings (SSSR count). The third-order valence-electron chi connectivity index (χ3n) is 5.97. The molecule has 2 aliphatic rings. The molecule has 1 fully saturated rings. The number of nitrogens with zero attached hydrogens (tertiary/aromatic N) is 1. The standard InChI is InChI=1S/C22H24ClN.ClH/c1-3-17-9-10-18-19(21(17)23)11-12-22(2)15-24(14-20(18)22)13-16-7-5-4-6-8-16;/h3-10,20H,1,11-15H2,2H3;1H. The van der Waals surface area contributed by atoms with Gasteiger partial charge in [0, 0.05) is 25.6 Å². The first-order chi connectivity index (χ1) is 11.6. The van der Waals surface area contributed by atoms with Crippen LogP contribution in [0.3, 0.4) is 0 Å². The van der Waals surface area contributed by atoms with E-state index in [2.05, 4.69) is 60.9 Å². The molecule has 2 aromatic rings. The van der Waals surface area contributed by atoms with Gasteiger partial charge in [-0.3, -0.25) is 4.90 Å². The van der Waals surface area contributed by atoms with Gasteiger partial charge in [-0.2, -0.15) is 0 Å². The highest BCUT2D eigenvalue weighted by atomic mass is 35.5. The zero-order valence-electron chi connectivity index (χ0n) is 14.7. The Morgan fingerprint density at radius 2 is 2.00 bits per heavy atom. The van der Waals surface area contributed by atoms with Gasteiger partial charge in [-0.25, -0.2) is 0 Å². The Kier molecular flexibility index (Phi) is 5.29. The molecule has 0 radical (unpaired) electrons. The molecule has 0 spiro atoms. The molecule has 1 heterocycles. The van der Waals surface area contributed by atoms with Gasteiger partial charge in [0.15, 0.2) is 0 Å². The number of fused-ring (bicyclic) bond motifs is 3. The Morgan fingerprint density at radius 3 is 2.72 bits per heavy atom. The molecule has 0 aromatic heterocycles. The Labute approximate surface area is 162 Å². The fraction of sp³-hybridized carbons (Fsp3) is 0.364. The molecular formula is C22H25Cl2N. The van der Waals surface area contributed by atoms with E-state index in [0.29, 0.717) is 11.3 Å². The molecule has 1 aliphatic carbocycles. The average molecular weight is 374 g/mol. The van der Waals surface area contributed by atoms with Gasteiger partial charge in [0.2, 0.25) is 0 Å². The number of rotatable bonds is 3. The van der Waals surface area contributed by atoms with Crippen molar-refractivity contribution in [3.63, 3.8) is 0 Å². The van der Waals surface area contributed by atoms with Gasteiger partial charge in [-0.15, -0.1) is 12.4 Å². The first kappa shape index (κ1) is 18.5. The van der Waals surface area contributed by atoms with Crippen molar-refractivity contribution in [3.05, 3.63) is 76.3 Å². The second-order valence-corrected chi connectivity index (χ2v) is 7.98. The summed E-state index contributed by atoms with van der Waals surface area (Å²) in [5, 5.41) is 0.922. The molecule has 0 N–H and O–H groups in total. The summed E-state index contributed by atoms with van der Waals surface area (Å²) in [7, 11) is 0. The van der Waals surface area contributed by atoms with Crippen molar-refractivity contribution in [1.82, 2.24) is 4.90 Å². The van der Waals surface area contributed by atoms with Crippen molar-refractivity contribution < 1.29 is 0 Å². The van der Waals surface area contributed by atoms with E-state index in [4.69, 9.17) is 11.6 Å². The second-order valence-electron chi connectivity index (χ2n) is 7.60. The Morgan fingerprint density at radius 1 is 1.24 bits per heavy atom. The van der Waals surface area contributed by atoms with Crippen molar-refractivity contribution in [2.45, 2.75) is 32.2 Å². The van der Waals surface area contributed by atoms with Crippen LogP contribution >= 0.6 is 24.0 Å². The highest BCUT2D eigenvalue weighted by Gasteiger charge is 2.46. The van der Waals surface area contributed by atoms with Gasteiger partial charge < -0.3 is 0 Å². The van der Waals surface area contributed by atoms with Crippen LogP contribution in [0.4, 0.5) is 0 Å². The molecule has 25 heavy (non-hydrogen) atoms. The maximum absolute atomic E-state index is 6.64.